The number of carbonyl (C=O) groups is 1. The number of benzene rings is 2. The number of rotatable bonds is 5. The highest BCUT2D eigenvalue weighted by Crippen LogP contribution is 2.28. The molecule has 0 unspecified atom stereocenters. The summed E-state index contributed by atoms with van der Waals surface area (Å²) in [5.41, 5.74) is 3.47. The standard InChI is InChI=1S/C18H17Cl2NOS/c19-15-6-5-13(11-16(15)20)12-23-10-8-18(22)21-9-7-14-3-1-2-4-17(14)21/h1-6,11H,7-10,12H2. The Morgan fingerprint density at radius 2 is 1.96 bits per heavy atom. The molecular formula is C18H17Cl2NOS. The molecule has 23 heavy (non-hydrogen) atoms. The van der Waals surface area contributed by atoms with E-state index in [0.717, 1.165) is 35.7 Å². The van der Waals surface area contributed by atoms with Gasteiger partial charge in [0.25, 0.3) is 0 Å². The molecule has 0 N–H and O–H groups in total. The Bertz CT molecular complexity index is 720. The number of hydrogen-bond donors (Lipinski definition) is 0. The number of nitrogens with zero attached hydrogens (tertiary/aromatic N) is 1. The predicted molar refractivity (Wildman–Crippen MR) is 99.7 cm³/mol. The highest BCUT2D eigenvalue weighted by atomic mass is 35.5. The van der Waals surface area contributed by atoms with Crippen molar-refractivity contribution < 1.29 is 4.79 Å². The molecule has 1 heterocycles. The second kappa shape index (κ2) is 7.61. The van der Waals surface area contributed by atoms with E-state index in [9.17, 15) is 4.79 Å². The third kappa shape index (κ3) is 4.03. The quantitative estimate of drug-likeness (QED) is 0.678. The van der Waals surface area contributed by atoms with Crippen molar-refractivity contribution in [2.75, 3.05) is 17.2 Å². The van der Waals surface area contributed by atoms with Crippen LogP contribution in [0.1, 0.15) is 17.5 Å². The molecule has 0 saturated carbocycles. The number of anilines is 1. The topological polar surface area (TPSA) is 20.3 Å². The Morgan fingerprint density at radius 1 is 1.13 bits per heavy atom. The van der Waals surface area contributed by atoms with Crippen molar-refractivity contribution in [2.24, 2.45) is 0 Å². The fraction of sp³-hybridized carbons (Fsp3) is 0.278. The molecule has 1 aliphatic rings. The number of halogens is 2. The van der Waals surface area contributed by atoms with Gasteiger partial charge in [-0.3, -0.25) is 4.79 Å². The van der Waals surface area contributed by atoms with Crippen LogP contribution < -0.4 is 4.90 Å². The van der Waals surface area contributed by atoms with E-state index in [4.69, 9.17) is 23.2 Å². The summed E-state index contributed by atoms with van der Waals surface area (Å²) in [5, 5.41) is 1.15. The number of thioether (sulfide) groups is 1. The van der Waals surface area contributed by atoms with Crippen LogP contribution in [0.2, 0.25) is 10.0 Å². The lowest BCUT2D eigenvalue weighted by atomic mass is 10.2. The first-order chi connectivity index (χ1) is 11.1. The second-order valence-electron chi connectivity index (χ2n) is 5.48. The molecule has 0 spiro atoms. The van der Waals surface area contributed by atoms with E-state index in [2.05, 4.69) is 6.07 Å². The van der Waals surface area contributed by atoms with Gasteiger partial charge in [0.15, 0.2) is 0 Å². The molecule has 0 saturated heterocycles. The molecule has 5 heteroatoms. The third-order valence-corrected chi connectivity index (χ3v) is 5.67. The first-order valence-corrected chi connectivity index (χ1v) is 9.46. The molecule has 0 atom stereocenters. The molecule has 0 aromatic heterocycles. The van der Waals surface area contributed by atoms with Gasteiger partial charge >= 0.3 is 0 Å². The van der Waals surface area contributed by atoms with Crippen LogP contribution >= 0.6 is 35.0 Å². The van der Waals surface area contributed by atoms with E-state index < -0.39 is 0 Å². The van der Waals surface area contributed by atoms with Crippen LogP contribution in [0.4, 0.5) is 5.69 Å². The Balaban J connectivity index is 1.48. The fourth-order valence-electron chi connectivity index (χ4n) is 2.71. The monoisotopic (exact) mass is 365 g/mol. The third-order valence-electron chi connectivity index (χ3n) is 3.90. The molecule has 1 amide bonds. The summed E-state index contributed by atoms with van der Waals surface area (Å²) in [4.78, 5) is 14.3. The maximum absolute atomic E-state index is 12.4. The lowest BCUT2D eigenvalue weighted by Crippen LogP contribution is -2.29. The lowest BCUT2D eigenvalue weighted by Gasteiger charge is -2.17. The minimum absolute atomic E-state index is 0.205. The predicted octanol–water partition coefficient (Wildman–Crippen LogP) is 5.21. The van der Waals surface area contributed by atoms with Crippen molar-refractivity contribution in [3.05, 3.63) is 63.6 Å². The Hall–Kier alpha value is -1.16. The van der Waals surface area contributed by atoms with Gasteiger partial charge in [-0.05, 0) is 35.7 Å². The number of hydrogen-bond acceptors (Lipinski definition) is 2. The Kier molecular flexibility index (Phi) is 5.52. The summed E-state index contributed by atoms with van der Waals surface area (Å²) >= 11 is 13.7. The fourth-order valence-corrected chi connectivity index (χ4v) is 3.91. The van der Waals surface area contributed by atoms with E-state index in [1.165, 1.54) is 5.56 Å². The SMILES string of the molecule is O=C(CCSCc1ccc(Cl)c(Cl)c1)N1CCc2ccccc21. The van der Waals surface area contributed by atoms with Crippen LogP contribution in [0.25, 0.3) is 0 Å². The number of fused-ring (bicyclic) bond motifs is 1. The zero-order valence-electron chi connectivity index (χ0n) is 12.6. The summed E-state index contributed by atoms with van der Waals surface area (Å²) in [6.07, 6.45) is 1.51. The Labute approximate surface area is 150 Å². The van der Waals surface area contributed by atoms with Gasteiger partial charge in [0.05, 0.1) is 10.0 Å². The van der Waals surface area contributed by atoms with Crippen molar-refractivity contribution >= 4 is 46.6 Å². The van der Waals surface area contributed by atoms with Gasteiger partial charge in [-0.1, -0.05) is 47.5 Å². The van der Waals surface area contributed by atoms with Gasteiger partial charge in [-0.2, -0.15) is 11.8 Å². The molecule has 2 nitrogen and oxygen atoms in total. The molecule has 2 aromatic carbocycles. The summed E-state index contributed by atoms with van der Waals surface area (Å²) in [6.45, 7) is 0.801. The summed E-state index contributed by atoms with van der Waals surface area (Å²) in [5.74, 6) is 1.84. The maximum Gasteiger partial charge on any atom is 0.227 e. The molecule has 1 aliphatic heterocycles. The largest absolute Gasteiger partial charge is 0.312 e. The highest BCUT2D eigenvalue weighted by molar-refractivity contribution is 7.98. The van der Waals surface area contributed by atoms with Gasteiger partial charge in [0, 0.05) is 30.2 Å². The van der Waals surface area contributed by atoms with E-state index in [-0.39, 0.29) is 5.91 Å². The number of carbonyl (C=O) groups excluding carboxylic acids is 1. The first-order valence-electron chi connectivity index (χ1n) is 7.55. The summed E-state index contributed by atoms with van der Waals surface area (Å²) < 4.78 is 0. The van der Waals surface area contributed by atoms with Gasteiger partial charge < -0.3 is 4.90 Å². The summed E-state index contributed by atoms with van der Waals surface area (Å²) in [6, 6.07) is 13.8. The van der Waals surface area contributed by atoms with Crippen LogP contribution in [-0.4, -0.2) is 18.2 Å². The van der Waals surface area contributed by atoms with E-state index in [0.29, 0.717) is 16.5 Å². The zero-order chi connectivity index (χ0) is 16.2. The van der Waals surface area contributed by atoms with Crippen molar-refractivity contribution in [1.82, 2.24) is 0 Å². The minimum Gasteiger partial charge on any atom is -0.312 e. The maximum atomic E-state index is 12.4. The average molecular weight is 366 g/mol. The van der Waals surface area contributed by atoms with Crippen molar-refractivity contribution in [1.29, 1.82) is 0 Å². The van der Waals surface area contributed by atoms with Crippen LogP contribution in [0.3, 0.4) is 0 Å². The second-order valence-corrected chi connectivity index (χ2v) is 7.39. The Morgan fingerprint density at radius 3 is 2.78 bits per heavy atom. The van der Waals surface area contributed by atoms with E-state index >= 15 is 0 Å². The number of para-hydroxylation sites is 1. The van der Waals surface area contributed by atoms with Crippen LogP contribution in [0.15, 0.2) is 42.5 Å². The van der Waals surface area contributed by atoms with Gasteiger partial charge in [0.2, 0.25) is 5.91 Å². The van der Waals surface area contributed by atoms with Crippen LogP contribution in [0, 0.1) is 0 Å². The molecule has 0 bridgehead atoms. The minimum atomic E-state index is 0.205. The van der Waals surface area contributed by atoms with Crippen LogP contribution in [0.5, 0.6) is 0 Å². The van der Waals surface area contributed by atoms with Crippen molar-refractivity contribution in [3.8, 4) is 0 Å². The van der Waals surface area contributed by atoms with Crippen molar-refractivity contribution in [3.63, 3.8) is 0 Å². The summed E-state index contributed by atoms with van der Waals surface area (Å²) in [7, 11) is 0. The zero-order valence-corrected chi connectivity index (χ0v) is 14.9. The first kappa shape index (κ1) is 16.7. The molecule has 0 fully saturated rings. The van der Waals surface area contributed by atoms with Gasteiger partial charge in [-0.25, -0.2) is 0 Å². The van der Waals surface area contributed by atoms with E-state index in [1.54, 1.807) is 11.8 Å². The lowest BCUT2D eigenvalue weighted by molar-refractivity contribution is -0.118. The van der Waals surface area contributed by atoms with Crippen molar-refractivity contribution in [2.45, 2.75) is 18.6 Å². The molecule has 3 rings (SSSR count). The normalized spacial score (nSPS) is 13.2. The van der Waals surface area contributed by atoms with E-state index in [1.807, 2.05) is 41.3 Å². The average Bonchev–Trinajstić information content (AvgIpc) is 2.99. The molecule has 2 aromatic rings. The molecular weight excluding hydrogens is 349 g/mol. The smallest absolute Gasteiger partial charge is 0.227 e. The number of amides is 1. The molecule has 120 valence electrons. The van der Waals surface area contributed by atoms with Crippen LogP contribution in [-0.2, 0) is 17.0 Å². The molecule has 0 aliphatic carbocycles. The van der Waals surface area contributed by atoms with Gasteiger partial charge in [-0.15, -0.1) is 0 Å². The highest BCUT2D eigenvalue weighted by Gasteiger charge is 2.23. The van der Waals surface area contributed by atoms with Gasteiger partial charge in [0.1, 0.15) is 0 Å². The molecule has 0 radical (unpaired) electrons.